The number of amides is 1. The van der Waals surface area contributed by atoms with Crippen LogP contribution in [0.15, 0.2) is 12.3 Å². The molecule has 2 aromatic rings. The minimum Gasteiger partial charge on any atom is -0.396 e. The summed E-state index contributed by atoms with van der Waals surface area (Å²) in [5.41, 5.74) is 0.890. The van der Waals surface area contributed by atoms with Crippen LogP contribution < -0.4 is 0 Å². The van der Waals surface area contributed by atoms with E-state index in [2.05, 4.69) is 15.1 Å². The predicted octanol–water partition coefficient (Wildman–Crippen LogP) is 0.277. The maximum atomic E-state index is 12.4. The molecule has 0 spiro atoms. The third-order valence-electron chi connectivity index (χ3n) is 3.73. The summed E-state index contributed by atoms with van der Waals surface area (Å²) in [7, 11) is 0. The van der Waals surface area contributed by atoms with Gasteiger partial charge < -0.3 is 10.0 Å². The molecule has 1 fully saturated rings. The number of carbonyl (C=O) groups is 1. The first-order valence-corrected chi connectivity index (χ1v) is 6.77. The molecule has 1 aliphatic rings. The predicted molar refractivity (Wildman–Crippen MR) is 71.2 cm³/mol. The minimum absolute atomic E-state index is 0.157. The topological polar surface area (TPSA) is 83.6 Å². The van der Waals surface area contributed by atoms with Gasteiger partial charge in [0.25, 0.3) is 11.7 Å². The molecule has 0 radical (unpaired) electrons. The van der Waals surface area contributed by atoms with Crippen molar-refractivity contribution in [3.05, 3.63) is 23.8 Å². The number of aliphatic hydroxyl groups excluding tert-OH is 1. The highest BCUT2D eigenvalue weighted by Gasteiger charge is 2.29. The molecule has 106 valence electrons. The summed E-state index contributed by atoms with van der Waals surface area (Å²) in [4.78, 5) is 22.4. The van der Waals surface area contributed by atoms with E-state index in [4.69, 9.17) is 5.11 Å². The highest BCUT2D eigenvalue weighted by Crippen LogP contribution is 2.20. The summed E-state index contributed by atoms with van der Waals surface area (Å²) in [6, 6.07) is 1.82. The Hall–Kier alpha value is -2.02. The van der Waals surface area contributed by atoms with Crippen molar-refractivity contribution in [2.24, 2.45) is 5.92 Å². The van der Waals surface area contributed by atoms with Crippen LogP contribution in [-0.4, -0.2) is 55.2 Å². The fourth-order valence-electron chi connectivity index (χ4n) is 2.57. The SMILES string of the molecule is Cc1ccnc2nc(C(=O)N3CCC(CCO)C3)nn12. The van der Waals surface area contributed by atoms with Gasteiger partial charge in [0.15, 0.2) is 0 Å². The molecule has 1 atom stereocenters. The van der Waals surface area contributed by atoms with Crippen molar-refractivity contribution >= 4 is 11.7 Å². The molecule has 3 rings (SSSR count). The molecule has 0 bridgehead atoms. The lowest BCUT2D eigenvalue weighted by Crippen LogP contribution is -2.29. The van der Waals surface area contributed by atoms with Crippen molar-refractivity contribution in [2.45, 2.75) is 19.8 Å². The van der Waals surface area contributed by atoms with Crippen LogP contribution in [0, 0.1) is 12.8 Å². The number of fused-ring (bicyclic) bond motifs is 1. The fourth-order valence-corrected chi connectivity index (χ4v) is 2.57. The third-order valence-corrected chi connectivity index (χ3v) is 3.73. The van der Waals surface area contributed by atoms with Crippen LogP contribution in [0.25, 0.3) is 5.78 Å². The van der Waals surface area contributed by atoms with Gasteiger partial charge in [-0.3, -0.25) is 4.79 Å². The highest BCUT2D eigenvalue weighted by atomic mass is 16.3. The molecule has 1 aliphatic heterocycles. The van der Waals surface area contributed by atoms with Gasteiger partial charge in [-0.25, -0.2) is 9.50 Å². The zero-order valence-corrected chi connectivity index (χ0v) is 11.4. The molecule has 0 saturated carbocycles. The summed E-state index contributed by atoms with van der Waals surface area (Å²) in [6.45, 7) is 3.43. The van der Waals surface area contributed by atoms with Crippen LogP contribution in [-0.2, 0) is 0 Å². The Labute approximate surface area is 116 Å². The van der Waals surface area contributed by atoms with Crippen LogP contribution in [0.4, 0.5) is 0 Å². The second kappa shape index (κ2) is 5.16. The lowest BCUT2D eigenvalue weighted by atomic mass is 10.1. The van der Waals surface area contributed by atoms with E-state index in [-0.39, 0.29) is 18.3 Å². The molecule has 0 aliphatic carbocycles. The largest absolute Gasteiger partial charge is 0.396 e. The summed E-state index contributed by atoms with van der Waals surface area (Å²) in [5.74, 6) is 0.854. The van der Waals surface area contributed by atoms with E-state index in [0.717, 1.165) is 18.5 Å². The molecule has 1 amide bonds. The molecular formula is C13H17N5O2. The molecule has 20 heavy (non-hydrogen) atoms. The van der Waals surface area contributed by atoms with Crippen LogP contribution in [0.3, 0.4) is 0 Å². The first kappa shape index (κ1) is 13.0. The number of hydrogen-bond acceptors (Lipinski definition) is 5. The van der Waals surface area contributed by atoms with Gasteiger partial charge in [0.05, 0.1) is 0 Å². The lowest BCUT2D eigenvalue weighted by molar-refractivity contribution is 0.0773. The van der Waals surface area contributed by atoms with E-state index in [1.165, 1.54) is 0 Å². The molecule has 1 unspecified atom stereocenters. The van der Waals surface area contributed by atoms with E-state index < -0.39 is 0 Å². The Morgan fingerprint density at radius 2 is 2.40 bits per heavy atom. The Kier molecular flexibility index (Phi) is 3.35. The standard InChI is InChI=1S/C13H17N5O2/c1-9-2-5-14-13-15-11(16-18(9)13)12(20)17-6-3-10(8-17)4-7-19/h2,5,10,19H,3-4,6-8H2,1H3. The van der Waals surface area contributed by atoms with Gasteiger partial charge >= 0.3 is 0 Å². The molecule has 0 aromatic carbocycles. The van der Waals surface area contributed by atoms with Crippen molar-refractivity contribution < 1.29 is 9.90 Å². The quantitative estimate of drug-likeness (QED) is 0.869. The van der Waals surface area contributed by atoms with Crippen LogP contribution in [0.1, 0.15) is 29.2 Å². The Morgan fingerprint density at radius 1 is 1.55 bits per heavy atom. The molecule has 1 saturated heterocycles. The van der Waals surface area contributed by atoms with Gasteiger partial charge in [0, 0.05) is 31.6 Å². The van der Waals surface area contributed by atoms with Crippen molar-refractivity contribution in [1.82, 2.24) is 24.5 Å². The number of aryl methyl sites for hydroxylation is 1. The number of hydrogen-bond donors (Lipinski definition) is 1. The number of aliphatic hydroxyl groups is 1. The normalized spacial score (nSPS) is 18.9. The molecule has 7 heteroatoms. The Morgan fingerprint density at radius 3 is 3.15 bits per heavy atom. The Bertz CT molecular complexity index is 639. The second-order valence-corrected chi connectivity index (χ2v) is 5.15. The van der Waals surface area contributed by atoms with E-state index in [9.17, 15) is 4.79 Å². The zero-order chi connectivity index (χ0) is 14.1. The summed E-state index contributed by atoms with van der Waals surface area (Å²) >= 11 is 0. The molecule has 2 aromatic heterocycles. The van der Waals surface area contributed by atoms with Crippen LogP contribution >= 0.6 is 0 Å². The smallest absolute Gasteiger partial charge is 0.293 e. The number of aromatic nitrogens is 4. The van der Waals surface area contributed by atoms with Crippen molar-refractivity contribution in [3.8, 4) is 0 Å². The minimum atomic E-state index is -0.157. The van der Waals surface area contributed by atoms with Gasteiger partial charge in [-0.15, -0.1) is 5.10 Å². The average Bonchev–Trinajstić information content (AvgIpc) is 3.05. The first-order valence-electron chi connectivity index (χ1n) is 6.77. The molecule has 3 heterocycles. The van der Waals surface area contributed by atoms with Gasteiger partial charge in [0.1, 0.15) is 0 Å². The highest BCUT2D eigenvalue weighted by molar-refractivity contribution is 5.91. The van der Waals surface area contributed by atoms with Gasteiger partial charge in [-0.2, -0.15) is 4.98 Å². The fraction of sp³-hybridized carbons (Fsp3) is 0.538. The first-order chi connectivity index (χ1) is 9.69. The summed E-state index contributed by atoms with van der Waals surface area (Å²) < 4.78 is 1.58. The zero-order valence-electron chi connectivity index (χ0n) is 11.4. The van der Waals surface area contributed by atoms with Gasteiger partial charge in [0.2, 0.25) is 5.82 Å². The van der Waals surface area contributed by atoms with Crippen molar-refractivity contribution in [1.29, 1.82) is 0 Å². The number of rotatable bonds is 3. The number of likely N-dealkylation sites (tertiary alicyclic amines) is 1. The molecule has 7 nitrogen and oxygen atoms in total. The lowest BCUT2D eigenvalue weighted by Gasteiger charge is -2.13. The van der Waals surface area contributed by atoms with E-state index in [1.807, 2.05) is 13.0 Å². The summed E-state index contributed by atoms with van der Waals surface area (Å²) in [6.07, 6.45) is 3.32. The van der Waals surface area contributed by atoms with Gasteiger partial charge in [-0.05, 0) is 31.7 Å². The second-order valence-electron chi connectivity index (χ2n) is 5.15. The van der Waals surface area contributed by atoms with Gasteiger partial charge in [-0.1, -0.05) is 0 Å². The van der Waals surface area contributed by atoms with Crippen molar-refractivity contribution in [2.75, 3.05) is 19.7 Å². The van der Waals surface area contributed by atoms with Crippen LogP contribution in [0.2, 0.25) is 0 Å². The number of nitrogens with zero attached hydrogens (tertiary/aromatic N) is 5. The monoisotopic (exact) mass is 275 g/mol. The van der Waals surface area contributed by atoms with Crippen molar-refractivity contribution in [3.63, 3.8) is 0 Å². The van der Waals surface area contributed by atoms with E-state index in [1.54, 1.807) is 15.6 Å². The molecular weight excluding hydrogens is 258 g/mol. The molecule has 1 N–H and O–H groups in total. The number of carbonyl (C=O) groups excluding carboxylic acids is 1. The Balaban J connectivity index is 1.81. The third kappa shape index (κ3) is 2.24. The average molecular weight is 275 g/mol. The van der Waals surface area contributed by atoms with E-state index in [0.29, 0.717) is 24.8 Å². The van der Waals surface area contributed by atoms with Crippen LogP contribution in [0.5, 0.6) is 0 Å². The maximum absolute atomic E-state index is 12.4. The summed E-state index contributed by atoms with van der Waals surface area (Å²) in [5, 5.41) is 13.2. The van der Waals surface area contributed by atoms with E-state index >= 15 is 0 Å². The maximum Gasteiger partial charge on any atom is 0.293 e.